The molecule has 3 unspecified atom stereocenters. The number of nitrogens with zero attached hydrogens (tertiary/aromatic N) is 1. The zero-order valence-electron chi connectivity index (χ0n) is 13.3. The van der Waals surface area contributed by atoms with Crippen molar-refractivity contribution in [2.24, 2.45) is 5.92 Å². The van der Waals surface area contributed by atoms with Crippen molar-refractivity contribution in [3.8, 4) is 5.75 Å². The minimum absolute atomic E-state index is 0.117. The van der Waals surface area contributed by atoms with Crippen LogP contribution in [0.15, 0.2) is 24.3 Å². The number of carbonyl (C=O) groups excluding carboxylic acids is 1. The third-order valence-electron chi connectivity index (χ3n) is 4.94. The quantitative estimate of drug-likeness (QED) is 0.900. The van der Waals surface area contributed by atoms with Gasteiger partial charge in [-0.15, -0.1) is 13.2 Å². The van der Waals surface area contributed by atoms with Gasteiger partial charge in [-0.25, -0.2) is 4.79 Å². The SMILES string of the molecule is O=C(O)C1CC2CCCCC2N1C(=O)c1ccc(OC(F)(F)F)cc1. The lowest BCUT2D eigenvalue weighted by molar-refractivity contribution is -0.274. The molecule has 1 aromatic carbocycles. The third-order valence-corrected chi connectivity index (χ3v) is 4.94. The molecule has 1 aromatic rings. The molecule has 1 saturated carbocycles. The van der Waals surface area contributed by atoms with Crippen LogP contribution in [0.1, 0.15) is 42.5 Å². The van der Waals surface area contributed by atoms with Crippen LogP contribution >= 0.6 is 0 Å². The summed E-state index contributed by atoms with van der Waals surface area (Å²) in [5, 5.41) is 9.46. The highest BCUT2D eigenvalue weighted by Crippen LogP contribution is 2.40. The van der Waals surface area contributed by atoms with E-state index < -0.39 is 30.0 Å². The van der Waals surface area contributed by atoms with Gasteiger partial charge in [0.15, 0.2) is 0 Å². The Labute approximate surface area is 142 Å². The number of rotatable bonds is 3. The molecule has 0 bridgehead atoms. The number of ether oxygens (including phenoxy) is 1. The first-order chi connectivity index (χ1) is 11.8. The van der Waals surface area contributed by atoms with E-state index in [0.29, 0.717) is 6.42 Å². The number of hydrogen-bond donors (Lipinski definition) is 1. The number of aliphatic carboxylic acids is 1. The Kier molecular flexibility index (Phi) is 4.62. The predicted octanol–water partition coefficient (Wildman–Crippen LogP) is 3.44. The van der Waals surface area contributed by atoms with Gasteiger partial charge in [-0.1, -0.05) is 12.8 Å². The van der Waals surface area contributed by atoms with Crippen LogP contribution in [0.4, 0.5) is 13.2 Å². The number of carbonyl (C=O) groups is 2. The van der Waals surface area contributed by atoms with E-state index in [1.807, 2.05) is 0 Å². The molecule has 2 aliphatic rings. The van der Waals surface area contributed by atoms with Crippen LogP contribution in [0, 0.1) is 5.92 Å². The normalized spacial score (nSPS) is 26.2. The van der Waals surface area contributed by atoms with Crippen molar-refractivity contribution >= 4 is 11.9 Å². The molecule has 3 rings (SSSR count). The molecule has 25 heavy (non-hydrogen) atoms. The number of alkyl halides is 3. The number of hydrogen-bond acceptors (Lipinski definition) is 3. The Morgan fingerprint density at radius 1 is 1.12 bits per heavy atom. The topological polar surface area (TPSA) is 66.8 Å². The molecule has 136 valence electrons. The second-order valence-corrected chi connectivity index (χ2v) is 6.49. The van der Waals surface area contributed by atoms with Crippen LogP contribution in [0.2, 0.25) is 0 Å². The van der Waals surface area contributed by atoms with E-state index in [-0.39, 0.29) is 17.5 Å². The van der Waals surface area contributed by atoms with Gasteiger partial charge in [-0.3, -0.25) is 4.79 Å². The highest BCUT2D eigenvalue weighted by atomic mass is 19.4. The number of carboxylic acid groups (broad SMARTS) is 1. The van der Waals surface area contributed by atoms with E-state index in [9.17, 15) is 27.9 Å². The lowest BCUT2D eigenvalue weighted by Crippen LogP contribution is -2.46. The summed E-state index contributed by atoms with van der Waals surface area (Å²) < 4.78 is 40.4. The van der Waals surface area contributed by atoms with Crippen molar-refractivity contribution in [1.82, 2.24) is 4.90 Å². The van der Waals surface area contributed by atoms with Gasteiger partial charge in [0, 0.05) is 11.6 Å². The number of likely N-dealkylation sites (tertiary alicyclic amines) is 1. The van der Waals surface area contributed by atoms with Gasteiger partial charge >= 0.3 is 12.3 Å². The molecule has 0 radical (unpaired) electrons. The Hall–Kier alpha value is -2.25. The van der Waals surface area contributed by atoms with Crippen LogP contribution in [0.5, 0.6) is 5.75 Å². The maximum absolute atomic E-state index is 12.8. The molecule has 3 atom stereocenters. The summed E-state index contributed by atoms with van der Waals surface area (Å²) in [6.45, 7) is 0. The molecule has 1 heterocycles. The third kappa shape index (κ3) is 3.72. The number of carboxylic acids is 1. The number of amides is 1. The van der Waals surface area contributed by atoms with E-state index in [1.54, 1.807) is 0 Å². The fourth-order valence-corrected chi connectivity index (χ4v) is 3.92. The van der Waals surface area contributed by atoms with Crippen LogP contribution in [-0.4, -0.2) is 40.3 Å². The average Bonchev–Trinajstić information content (AvgIpc) is 2.93. The van der Waals surface area contributed by atoms with E-state index in [2.05, 4.69) is 4.74 Å². The fraction of sp³-hybridized carbons (Fsp3) is 0.529. The summed E-state index contributed by atoms with van der Waals surface area (Å²) in [6, 6.07) is 3.59. The number of benzene rings is 1. The van der Waals surface area contributed by atoms with Crippen LogP contribution < -0.4 is 4.74 Å². The first-order valence-electron chi connectivity index (χ1n) is 8.17. The van der Waals surface area contributed by atoms with E-state index in [4.69, 9.17) is 0 Å². The summed E-state index contributed by atoms with van der Waals surface area (Å²) in [5.74, 6) is -1.75. The monoisotopic (exact) mass is 357 g/mol. The van der Waals surface area contributed by atoms with Crippen LogP contribution in [0.25, 0.3) is 0 Å². The maximum atomic E-state index is 12.8. The van der Waals surface area contributed by atoms with Crippen LogP contribution in [-0.2, 0) is 4.79 Å². The first kappa shape index (κ1) is 17.6. The van der Waals surface area contributed by atoms with Gasteiger partial charge < -0.3 is 14.7 Å². The second kappa shape index (κ2) is 6.57. The molecular formula is C17H18F3NO4. The molecule has 0 spiro atoms. The van der Waals surface area contributed by atoms with Crippen molar-refractivity contribution in [2.75, 3.05) is 0 Å². The van der Waals surface area contributed by atoms with Crippen molar-refractivity contribution < 1.29 is 32.6 Å². The predicted molar refractivity (Wildman–Crippen MR) is 81.1 cm³/mol. The van der Waals surface area contributed by atoms with Gasteiger partial charge in [0.25, 0.3) is 5.91 Å². The Balaban J connectivity index is 1.81. The first-order valence-corrected chi connectivity index (χ1v) is 8.17. The number of halogens is 3. The maximum Gasteiger partial charge on any atom is 0.573 e. The summed E-state index contributed by atoms with van der Waals surface area (Å²) >= 11 is 0. The molecule has 5 nitrogen and oxygen atoms in total. The van der Waals surface area contributed by atoms with Gasteiger partial charge in [-0.2, -0.15) is 0 Å². The smallest absolute Gasteiger partial charge is 0.480 e. The Morgan fingerprint density at radius 3 is 2.36 bits per heavy atom. The van der Waals surface area contributed by atoms with Crippen molar-refractivity contribution in [2.45, 2.75) is 50.6 Å². The van der Waals surface area contributed by atoms with Gasteiger partial charge in [0.05, 0.1) is 0 Å². The minimum atomic E-state index is -4.80. The fourth-order valence-electron chi connectivity index (χ4n) is 3.92. The molecule has 1 N–H and O–H groups in total. The average molecular weight is 357 g/mol. The zero-order valence-corrected chi connectivity index (χ0v) is 13.3. The van der Waals surface area contributed by atoms with Gasteiger partial charge in [-0.05, 0) is 49.4 Å². The standard InChI is InChI=1S/C17H18F3NO4/c18-17(19,20)25-12-7-5-10(6-8-12)15(22)21-13-4-2-1-3-11(13)9-14(21)16(23)24/h5-8,11,13-14H,1-4,9H2,(H,23,24). The highest BCUT2D eigenvalue weighted by molar-refractivity contribution is 5.97. The molecule has 0 aromatic heterocycles. The van der Waals surface area contributed by atoms with Crippen molar-refractivity contribution in [3.63, 3.8) is 0 Å². The summed E-state index contributed by atoms with van der Waals surface area (Å²) in [6.07, 6.45) is -0.744. The van der Waals surface area contributed by atoms with E-state index in [0.717, 1.165) is 37.8 Å². The summed E-state index contributed by atoms with van der Waals surface area (Å²) in [5.41, 5.74) is 0.159. The van der Waals surface area contributed by atoms with E-state index in [1.165, 1.54) is 17.0 Å². The Morgan fingerprint density at radius 2 is 1.76 bits per heavy atom. The lowest BCUT2D eigenvalue weighted by Gasteiger charge is -2.33. The zero-order chi connectivity index (χ0) is 18.2. The van der Waals surface area contributed by atoms with Gasteiger partial charge in [0.2, 0.25) is 0 Å². The minimum Gasteiger partial charge on any atom is -0.480 e. The molecule has 8 heteroatoms. The van der Waals surface area contributed by atoms with E-state index >= 15 is 0 Å². The molecule has 2 fully saturated rings. The summed E-state index contributed by atoms with van der Waals surface area (Å²) in [4.78, 5) is 25.8. The molecule has 1 aliphatic carbocycles. The molecular weight excluding hydrogens is 339 g/mol. The number of fused-ring (bicyclic) bond motifs is 1. The van der Waals surface area contributed by atoms with Crippen molar-refractivity contribution in [1.29, 1.82) is 0 Å². The van der Waals surface area contributed by atoms with Crippen LogP contribution in [0.3, 0.4) is 0 Å². The Bertz CT molecular complexity index is 659. The molecule has 1 saturated heterocycles. The lowest BCUT2D eigenvalue weighted by atomic mass is 9.84. The summed E-state index contributed by atoms with van der Waals surface area (Å²) in [7, 11) is 0. The second-order valence-electron chi connectivity index (χ2n) is 6.49. The molecule has 1 amide bonds. The highest BCUT2D eigenvalue weighted by Gasteiger charge is 2.47. The van der Waals surface area contributed by atoms with Crippen molar-refractivity contribution in [3.05, 3.63) is 29.8 Å². The molecule has 1 aliphatic heterocycles. The largest absolute Gasteiger partial charge is 0.573 e. The van der Waals surface area contributed by atoms with Gasteiger partial charge in [0.1, 0.15) is 11.8 Å².